The molecular formula is C19H25N3O3S2. The van der Waals surface area contributed by atoms with Gasteiger partial charge in [-0.25, -0.2) is 13.4 Å². The van der Waals surface area contributed by atoms with Crippen LogP contribution < -0.4 is 0 Å². The third-order valence-electron chi connectivity index (χ3n) is 4.68. The number of thiazole rings is 1. The zero-order valence-corrected chi connectivity index (χ0v) is 17.5. The molecule has 0 bridgehead atoms. The second-order valence-electron chi connectivity index (χ2n) is 7.28. The molecule has 0 unspecified atom stereocenters. The van der Waals surface area contributed by atoms with Crippen molar-refractivity contribution >= 4 is 27.3 Å². The smallest absolute Gasteiger partial charge is 0.243 e. The van der Waals surface area contributed by atoms with Crippen LogP contribution in [-0.4, -0.2) is 42.1 Å². The van der Waals surface area contributed by atoms with Crippen molar-refractivity contribution in [3.63, 3.8) is 0 Å². The van der Waals surface area contributed by atoms with Gasteiger partial charge in [0.15, 0.2) is 0 Å². The van der Waals surface area contributed by atoms with Gasteiger partial charge in [0.1, 0.15) is 5.01 Å². The lowest BCUT2D eigenvalue weighted by molar-refractivity contribution is -0.132. The van der Waals surface area contributed by atoms with Crippen molar-refractivity contribution in [1.82, 2.24) is 14.2 Å². The lowest BCUT2D eigenvalue weighted by atomic mass is 9.99. The maximum Gasteiger partial charge on any atom is 0.243 e. The second-order valence-corrected chi connectivity index (χ2v) is 10.3. The molecule has 0 aliphatic carbocycles. The van der Waals surface area contributed by atoms with Crippen molar-refractivity contribution in [3.05, 3.63) is 45.9 Å². The molecule has 1 aromatic heterocycles. The highest BCUT2D eigenvalue weighted by atomic mass is 32.2. The minimum Gasteiger partial charge on any atom is -0.338 e. The van der Waals surface area contributed by atoms with Crippen molar-refractivity contribution in [1.29, 1.82) is 0 Å². The van der Waals surface area contributed by atoms with Crippen molar-refractivity contribution < 1.29 is 13.2 Å². The highest BCUT2D eigenvalue weighted by molar-refractivity contribution is 7.89. The minimum atomic E-state index is -3.61. The SMILES string of the molecule is CC(C)CC(=O)N1CCc2ccc(S(=O)(=O)N(C)Cc3nccs3)cc2C1. The summed E-state index contributed by atoms with van der Waals surface area (Å²) in [6, 6.07) is 5.26. The summed E-state index contributed by atoms with van der Waals surface area (Å²) in [6.07, 6.45) is 2.94. The summed E-state index contributed by atoms with van der Waals surface area (Å²) >= 11 is 1.43. The molecule has 1 aromatic carbocycles. The summed E-state index contributed by atoms with van der Waals surface area (Å²) in [6.45, 7) is 5.46. The average molecular weight is 408 g/mol. The maximum atomic E-state index is 12.9. The summed E-state index contributed by atoms with van der Waals surface area (Å²) < 4.78 is 27.2. The molecule has 0 saturated carbocycles. The number of aromatic nitrogens is 1. The van der Waals surface area contributed by atoms with Gasteiger partial charge in [0.2, 0.25) is 15.9 Å². The Hall–Kier alpha value is -1.77. The van der Waals surface area contributed by atoms with E-state index in [0.717, 1.165) is 22.6 Å². The fourth-order valence-corrected chi connectivity index (χ4v) is 5.11. The minimum absolute atomic E-state index is 0.129. The highest BCUT2D eigenvalue weighted by Crippen LogP contribution is 2.25. The van der Waals surface area contributed by atoms with Gasteiger partial charge >= 0.3 is 0 Å². The van der Waals surface area contributed by atoms with Crippen molar-refractivity contribution in [2.75, 3.05) is 13.6 Å². The van der Waals surface area contributed by atoms with E-state index in [4.69, 9.17) is 0 Å². The van der Waals surface area contributed by atoms with Gasteiger partial charge in [-0.1, -0.05) is 19.9 Å². The number of amides is 1. The molecule has 2 aromatic rings. The lowest BCUT2D eigenvalue weighted by Crippen LogP contribution is -2.36. The van der Waals surface area contributed by atoms with E-state index in [2.05, 4.69) is 4.98 Å². The molecule has 2 heterocycles. The van der Waals surface area contributed by atoms with Gasteiger partial charge in [-0.15, -0.1) is 11.3 Å². The zero-order chi connectivity index (χ0) is 19.6. The molecule has 0 radical (unpaired) electrons. The molecule has 3 rings (SSSR count). The van der Waals surface area contributed by atoms with Crippen LogP contribution in [0, 0.1) is 5.92 Å². The van der Waals surface area contributed by atoms with Crippen LogP contribution >= 0.6 is 11.3 Å². The number of hydrogen-bond donors (Lipinski definition) is 0. The van der Waals surface area contributed by atoms with Gasteiger partial charge in [-0.3, -0.25) is 4.79 Å². The Labute approximate surface area is 164 Å². The Kier molecular flexibility index (Phi) is 5.98. The van der Waals surface area contributed by atoms with Crippen LogP contribution in [-0.2, 0) is 34.3 Å². The third kappa shape index (κ3) is 4.56. The summed E-state index contributed by atoms with van der Waals surface area (Å²) in [4.78, 5) is 18.6. The fraction of sp³-hybridized carbons (Fsp3) is 0.474. The first-order valence-corrected chi connectivity index (χ1v) is 11.3. The number of hydrogen-bond acceptors (Lipinski definition) is 5. The van der Waals surface area contributed by atoms with Crippen molar-refractivity contribution in [2.24, 2.45) is 5.92 Å². The summed E-state index contributed by atoms with van der Waals surface area (Å²) in [5.41, 5.74) is 2.03. The molecule has 1 aliphatic rings. The molecule has 0 saturated heterocycles. The predicted molar refractivity (Wildman–Crippen MR) is 106 cm³/mol. The Bertz CT molecular complexity index is 908. The first-order chi connectivity index (χ1) is 12.8. The van der Waals surface area contributed by atoms with E-state index in [0.29, 0.717) is 25.4 Å². The standard InChI is InChI=1S/C19H25N3O3S2/c1-14(2)10-19(23)22-8-6-15-4-5-17(11-16(15)12-22)27(24,25)21(3)13-18-20-7-9-26-18/h4-5,7,9,11,14H,6,8,10,12-13H2,1-3H3. The molecule has 6 nitrogen and oxygen atoms in total. The molecule has 1 aliphatic heterocycles. The molecule has 0 N–H and O–H groups in total. The topological polar surface area (TPSA) is 70.6 Å². The van der Waals surface area contributed by atoms with E-state index < -0.39 is 10.0 Å². The number of benzene rings is 1. The molecule has 146 valence electrons. The van der Waals surface area contributed by atoms with Gasteiger partial charge in [0.25, 0.3) is 0 Å². The Morgan fingerprint density at radius 1 is 1.33 bits per heavy atom. The van der Waals surface area contributed by atoms with Crippen molar-refractivity contribution in [3.8, 4) is 0 Å². The average Bonchev–Trinajstić information content (AvgIpc) is 3.13. The van der Waals surface area contributed by atoms with E-state index in [-0.39, 0.29) is 17.3 Å². The number of carbonyl (C=O) groups excluding carboxylic acids is 1. The van der Waals surface area contributed by atoms with E-state index in [1.165, 1.54) is 15.6 Å². The van der Waals surface area contributed by atoms with Crippen LogP contribution in [0.2, 0.25) is 0 Å². The molecule has 0 atom stereocenters. The van der Waals surface area contributed by atoms with Gasteiger partial charge in [0.05, 0.1) is 11.4 Å². The zero-order valence-electron chi connectivity index (χ0n) is 15.9. The second kappa shape index (κ2) is 8.08. The van der Waals surface area contributed by atoms with Gasteiger partial charge in [-0.2, -0.15) is 4.31 Å². The van der Waals surface area contributed by atoms with E-state index in [1.807, 2.05) is 30.2 Å². The van der Waals surface area contributed by atoms with E-state index in [1.54, 1.807) is 25.4 Å². The molecule has 0 spiro atoms. The highest BCUT2D eigenvalue weighted by Gasteiger charge is 2.26. The van der Waals surface area contributed by atoms with Crippen LogP contribution in [0.5, 0.6) is 0 Å². The molecular weight excluding hydrogens is 382 g/mol. The Balaban J connectivity index is 1.79. The number of fused-ring (bicyclic) bond motifs is 1. The van der Waals surface area contributed by atoms with Crippen molar-refractivity contribution in [2.45, 2.75) is 44.7 Å². The normalized spacial score (nSPS) is 14.6. The first kappa shape index (κ1) is 20.0. The van der Waals surface area contributed by atoms with Crippen LogP contribution in [0.15, 0.2) is 34.7 Å². The van der Waals surface area contributed by atoms with Crippen LogP contribution in [0.1, 0.15) is 36.4 Å². The fourth-order valence-electron chi connectivity index (χ4n) is 3.17. The van der Waals surface area contributed by atoms with Crippen LogP contribution in [0.3, 0.4) is 0 Å². The third-order valence-corrected chi connectivity index (χ3v) is 7.24. The molecule has 1 amide bonds. The predicted octanol–water partition coefficient (Wildman–Crippen LogP) is 2.89. The lowest BCUT2D eigenvalue weighted by Gasteiger charge is -2.30. The van der Waals surface area contributed by atoms with E-state index >= 15 is 0 Å². The van der Waals surface area contributed by atoms with E-state index in [9.17, 15) is 13.2 Å². The summed E-state index contributed by atoms with van der Waals surface area (Å²) in [5.74, 6) is 0.440. The van der Waals surface area contributed by atoms with Gasteiger partial charge < -0.3 is 4.90 Å². The maximum absolute atomic E-state index is 12.9. The summed E-state index contributed by atoms with van der Waals surface area (Å²) in [5, 5.41) is 2.58. The largest absolute Gasteiger partial charge is 0.338 e. The first-order valence-electron chi connectivity index (χ1n) is 9.01. The summed E-state index contributed by atoms with van der Waals surface area (Å²) in [7, 11) is -2.04. The Morgan fingerprint density at radius 2 is 2.11 bits per heavy atom. The number of carbonyl (C=O) groups is 1. The number of sulfonamides is 1. The Morgan fingerprint density at radius 3 is 2.78 bits per heavy atom. The molecule has 8 heteroatoms. The monoisotopic (exact) mass is 407 g/mol. The number of rotatable bonds is 6. The van der Waals surface area contributed by atoms with Gasteiger partial charge in [-0.05, 0) is 35.6 Å². The van der Waals surface area contributed by atoms with Crippen LogP contribution in [0.25, 0.3) is 0 Å². The molecule has 27 heavy (non-hydrogen) atoms. The molecule has 0 fully saturated rings. The quantitative estimate of drug-likeness (QED) is 0.738. The van der Waals surface area contributed by atoms with Gasteiger partial charge in [0, 0.05) is 38.1 Å². The van der Waals surface area contributed by atoms with Crippen LogP contribution in [0.4, 0.5) is 0 Å². The number of nitrogens with zero attached hydrogens (tertiary/aromatic N) is 3.